The van der Waals surface area contributed by atoms with Crippen LogP contribution < -0.4 is 10.4 Å². The summed E-state index contributed by atoms with van der Waals surface area (Å²) in [5.41, 5.74) is -0.797. The molecule has 0 unspecified atom stereocenters. The van der Waals surface area contributed by atoms with Crippen LogP contribution in [0.4, 0.5) is 0 Å². The number of rotatable bonds is 2. The van der Waals surface area contributed by atoms with Gasteiger partial charge < -0.3 is 19.4 Å². The first-order valence-corrected chi connectivity index (χ1v) is 6.32. The van der Waals surface area contributed by atoms with Gasteiger partial charge in [-0.1, -0.05) is 18.2 Å². The Bertz CT molecular complexity index is 911. The summed E-state index contributed by atoms with van der Waals surface area (Å²) in [6.45, 7) is 0. The van der Waals surface area contributed by atoms with Gasteiger partial charge in [-0.3, -0.25) is 0 Å². The molecule has 0 amide bonds. The fraction of sp³-hybridized carbons (Fsp3) is 0. The summed E-state index contributed by atoms with van der Waals surface area (Å²) >= 11 is 0. The lowest BCUT2D eigenvalue weighted by atomic mass is 10.2. The van der Waals surface area contributed by atoms with Crippen molar-refractivity contribution in [3.05, 3.63) is 64.5 Å². The van der Waals surface area contributed by atoms with E-state index in [9.17, 15) is 19.8 Å². The Morgan fingerprint density at radius 3 is 2.50 bits per heavy atom. The zero-order valence-corrected chi connectivity index (χ0v) is 11.1. The first-order valence-electron chi connectivity index (χ1n) is 6.32. The topological polar surface area (TPSA) is 97.0 Å². The Morgan fingerprint density at radius 2 is 1.77 bits per heavy atom. The number of hydrogen-bond acceptors (Lipinski definition) is 6. The molecule has 6 nitrogen and oxygen atoms in total. The quantitative estimate of drug-likeness (QED) is 0.557. The number of hydrogen-bond donors (Lipinski definition) is 2. The number of fused-ring (bicyclic) bond motifs is 1. The third-order valence-electron chi connectivity index (χ3n) is 3.03. The molecule has 3 aromatic rings. The molecule has 0 spiro atoms. The van der Waals surface area contributed by atoms with Gasteiger partial charge in [0, 0.05) is 6.07 Å². The maximum atomic E-state index is 12.1. The minimum atomic E-state index is -1.06. The van der Waals surface area contributed by atoms with Crippen LogP contribution in [-0.2, 0) is 0 Å². The van der Waals surface area contributed by atoms with Gasteiger partial charge in [0.05, 0.1) is 10.9 Å². The van der Waals surface area contributed by atoms with Crippen molar-refractivity contribution in [1.82, 2.24) is 0 Å². The Kier molecular flexibility index (Phi) is 3.27. The van der Waals surface area contributed by atoms with E-state index in [1.807, 2.05) is 0 Å². The minimum Gasteiger partial charge on any atom is -0.508 e. The molecule has 3 rings (SSSR count). The van der Waals surface area contributed by atoms with E-state index in [2.05, 4.69) is 0 Å². The van der Waals surface area contributed by atoms with Gasteiger partial charge in [0.25, 0.3) is 0 Å². The molecule has 110 valence electrons. The lowest BCUT2D eigenvalue weighted by molar-refractivity contribution is 0.0731. The van der Waals surface area contributed by atoms with Gasteiger partial charge in [0.15, 0.2) is 5.75 Å². The van der Waals surface area contributed by atoms with Crippen LogP contribution in [-0.4, -0.2) is 16.2 Å². The van der Waals surface area contributed by atoms with Gasteiger partial charge in [-0.05, 0) is 24.3 Å². The number of carbonyl (C=O) groups is 1. The fourth-order valence-electron chi connectivity index (χ4n) is 1.98. The summed E-state index contributed by atoms with van der Waals surface area (Å²) < 4.78 is 9.98. The Morgan fingerprint density at radius 1 is 1.05 bits per heavy atom. The third kappa shape index (κ3) is 2.37. The van der Waals surface area contributed by atoms with Crippen molar-refractivity contribution >= 4 is 16.9 Å². The lowest BCUT2D eigenvalue weighted by Gasteiger charge is -2.08. The summed E-state index contributed by atoms with van der Waals surface area (Å²) in [5, 5.41) is 19.4. The molecule has 0 radical (unpaired) electrons. The average Bonchev–Trinajstić information content (AvgIpc) is 2.52. The highest BCUT2D eigenvalue weighted by molar-refractivity contribution is 5.95. The summed E-state index contributed by atoms with van der Waals surface area (Å²) in [7, 11) is 0. The van der Waals surface area contributed by atoms with Gasteiger partial charge in [-0.25, -0.2) is 9.59 Å². The average molecular weight is 298 g/mol. The highest BCUT2D eigenvalue weighted by Gasteiger charge is 2.19. The molecule has 0 fully saturated rings. The second kappa shape index (κ2) is 5.25. The predicted octanol–water partition coefficient (Wildman–Crippen LogP) is 2.42. The maximum Gasteiger partial charge on any atom is 0.382 e. The smallest absolute Gasteiger partial charge is 0.382 e. The third-order valence-corrected chi connectivity index (χ3v) is 3.03. The summed E-state index contributed by atoms with van der Waals surface area (Å²) in [6, 6.07) is 12.0. The maximum absolute atomic E-state index is 12.1. The van der Waals surface area contributed by atoms with Crippen LogP contribution in [0.3, 0.4) is 0 Å². The van der Waals surface area contributed by atoms with E-state index in [4.69, 9.17) is 9.15 Å². The van der Waals surface area contributed by atoms with Crippen LogP contribution in [0.1, 0.15) is 10.4 Å². The molecule has 1 heterocycles. The van der Waals surface area contributed by atoms with Gasteiger partial charge >= 0.3 is 11.6 Å². The van der Waals surface area contributed by atoms with Crippen LogP contribution >= 0.6 is 0 Å². The van der Waals surface area contributed by atoms with Crippen molar-refractivity contribution in [3.63, 3.8) is 0 Å². The molecule has 0 bridgehead atoms. The van der Waals surface area contributed by atoms with E-state index in [-0.39, 0.29) is 28.0 Å². The van der Waals surface area contributed by atoms with Crippen molar-refractivity contribution in [2.24, 2.45) is 0 Å². The van der Waals surface area contributed by atoms with Gasteiger partial charge in [0.1, 0.15) is 11.3 Å². The van der Waals surface area contributed by atoms with Crippen LogP contribution in [0.2, 0.25) is 0 Å². The van der Waals surface area contributed by atoms with Crippen molar-refractivity contribution < 1.29 is 24.2 Å². The van der Waals surface area contributed by atoms with E-state index in [0.29, 0.717) is 0 Å². The zero-order valence-electron chi connectivity index (χ0n) is 11.1. The molecule has 2 N–H and O–H groups in total. The van der Waals surface area contributed by atoms with E-state index in [0.717, 1.165) is 0 Å². The van der Waals surface area contributed by atoms with E-state index in [1.54, 1.807) is 30.3 Å². The Labute approximate surface area is 123 Å². The monoisotopic (exact) mass is 298 g/mol. The first kappa shape index (κ1) is 13.7. The van der Waals surface area contributed by atoms with E-state index < -0.39 is 17.3 Å². The number of esters is 1. The molecule has 0 saturated heterocycles. The standard InChI is InChI=1S/C16H10O6/c17-10-6-7-11-12(8-10)21-16(20)13(18)14(11)22-15(19)9-4-2-1-3-5-9/h1-8,17-18H. The predicted molar refractivity (Wildman–Crippen MR) is 77.2 cm³/mol. The zero-order chi connectivity index (χ0) is 15.7. The van der Waals surface area contributed by atoms with Crippen molar-refractivity contribution in [2.75, 3.05) is 0 Å². The summed E-state index contributed by atoms with van der Waals surface area (Å²) in [6.07, 6.45) is 0. The normalized spacial score (nSPS) is 10.5. The van der Waals surface area contributed by atoms with E-state index >= 15 is 0 Å². The largest absolute Gasteiger partial charge is 0.508 e. The Balaban J connectivity index is 2.12. The number of carbonyl (C=O) groups excluding carboxylic acids is 1. The molecule has 0 saturated carbocycles. The highest BCUT2D eigenvalue weighted by Crippen LogP contribution is 2.33. The van der Waals surface area contributed by atoms with Crippen LogP contribution in [0.15, 0.2) is 57.7 Å². The lowest BCUT2D eigenvalue weighted by Crippen LogP contribution is -2.11. The van der Waals surface area contributed by atoms with Crippen molar-refractivity contribution in [3.8, 4) is 17.2 Å². The molecule has 0 aliphatic carbocycles. The number of phenols is 1. The number of phenolic OH excluding ortho intramolecular Hbond substituents is 1. The van der Waals surface area contributed by atoms with Crippen molar-refractivity contribution in [1.29, 1.82) is 0 Å². The van der Waals surface area contributed by atoms with Gasteiger partial charge in [-0.2, -0.15) is 0 Å². The molecule has 0 aliphatic rings. The van der Waals surface area contributed by atoms with Crippen LogP contribution in [0, 0.1) is 0 Å². The number of ether oxygens (including phenoxy) is 1. The van der Waals surface area contributed by atoms with Crippen molar-refractivity contribution in [2.45, 2.75) is 0 Å². The number of aromatic hydroxyl groups is 2. The highest BCUT2D eigenvalue weighted by atomic mass is 16.5. The molecule has 1 aromatic heterocycles. The molecule has 6 heteroatoms. The molecule has 0 atom stereocenters. The van der Waals surface area contributed by atoms with E-state index in [1.165, 1.54) is 18.2 Å². The van der Waals surface area contributed by atoms with Gasteiger partial charge in [0.2, 0.25) is 5.75 Å². The molecule has 0 aliphatic heterocycles. The van der Waals surface area contributed by atoms with Crippen LogP contribution in [0.25, 0.3) is 11.0 Å². The van der Waals surface area contributed by atoms with Crippen LogP contribution in [0.5, 0.6) is 17.2 Å². The fourth-order valence-corrected chi connectivity index (χ4v) is 1.98. The minimum absolute atomic E-state index is 0.00124. The first-order chi connectivity index (χ1) is 10.6. The Hall–Kier alpha value is -3.28. The molecule has 22 heavy (non-hydrogen) atoms. The second-order valence-electron chi connectivity index (χ2n) is 4.50. The summed E-state index contributed by atoms with van der Waals surface area (Å²) in [4.78, 5) is 23.7. The molecule has 2 aromatic carbocycles. The SMILES string of the molecule is O=C(Oc1c(O)c(=O)oc2cc(O)ccc12)c1ccccc1. The second-order valence-corrected chi connectivity index (χ2v) is 4.50. The molecular formula is C16H10O6. The van der Waals surface area contributed by atoms with Gasteiger partial charge in [-0.15, -0.1) is 0 Å². The molecular weight excluding hydrogens is 288 g/mol. The number of benzene rings is 2. The summed E-state index contributed by atoms with van der Waals surface area (Å²) in [5.74, 6) is -1.96.